The second-order valence-corrected chi connectivity index (χ2v) is 9.09. The van der Waals surface area contributed by atoms with E-state index >= 15 is 0 Å². The van der Waals surface area contributed by atoms with Gasteiger partial charge in [-0.15, -0.1) is 0 Å². The van der Waals surface area contributed by atoms with E-state index in [4.69, 9.17) is 0 Å². The van der Waals surface area contributed by atoms with Gasteiger partial charge in [-0.3, -0.25) is 4.55 Å². The van der Waals surface area contributed by atoms with Crippen molar-refractivity contribution in [1.82, 2.24) is 0 Å². The first kappa shape index (κ1) is 20.4. The zero-order valence-electron chi connectivity index (χ0n) is 15.1. The molecular weight excluding hydrogens is 324 g/mol. The predicted molar refractivity (Wildman–Crippen MR) is 98.8 cm³/mol. The van der Waals surface area contributed by atoms with Crippen molar-refractivity contribution in [3.05, 3.63) is 22.3 Å². The summed E-state index contributed by atoms with van der Waals surface area (Å²) in [6.07, 6.45) is 7.42. The van der Waals surface area contributed by atoms with Crippen LogP contribution in [0.25, 0.3) is 0 Å². The lowest BCUT2D eigenvalue weighted by atomic mass is 9.99. The maximum absolute atomic E-state index is 11.9. The summed E-state index contributed by atoms with van der Waals surface area (Å²) >= 11 is 0. The Morgan fingerprint density at radius 3 is 1.91 bits per heavy atom. The van der Waals surface area contributed by atoms with Crippen molar-refractivity contribution in [2.75, 3.05) is 0 Å². The summed E-state index contributed by atoms with van der Waals surface area (Å²) in [6, 6.07) is 0.997. The average Bonchev–Trinajstić information content (AvgIpc) is 2.47. The topological polar surface area (TPSA) is 54.4 Å². The fourth-order valence-corrected chi connectivity index (χ4v) is 5.96. The van der Waals surface area contributed by atoms with E-state index in [0.29, 0.717) is 15.1 Å². The van der Waals surface area contributed by atoms with Crippen LogP contribution in [0.4, 0.5) is 0 Å². The lowest BCUT2D eigenvalue weighted by Crippen LogP contribution is -2.28. The van der Waals surface area contributed by atoms with Gasteiger partial charge in [0.25, 0.3) is 10.1 Å². The molecule has 0 saturated heterocycles. The highest BCUT2D eigenvalue weighted by Gasteiger charge is 2.23. The largest absolute Gasteiger partial charge is 0.294 e. The highest BCUT2D eigenvalue weighted by atomic mass is 32.2. The number of hydrogen-bond acceptors (Lipinski definition) is 2. The molecule has 0 atom stereocenters. The molecule has 0 aliphatic rings. The minimum atomic E-state index is -4.17. The van der Waals surface area contributed by atoms with E-state index in [2.05, 4.69) is 6.92 Å². The van der Waals surface area contributed by atoms with Crippen LogP contribution < -0.4 is 5.19 Å². The van der Waals surface area contributed by atoms with Gasteiger partial charge in [0.2, 0.25) is 0 Å². The van der Waals surface area contributed by atoms with Gasteiger partial charge >= 0.3 is 0 Å². The van der Waals surface area contributed by atoms with Crippen molar-refractivity contribution < 1.29 is 13.0 Å². The molecule has 0 aliphatic carbocycles. The summed E-state index contributed by atoms with van der Waals surface area (Å²) in [5.41, 5.74) is 3.81. The highest BCUT2D eigenvalue weighted by Crippen LogP contribution is 2.23. The van der Waals surface area contributed by atoms with Gasteiger partial charge in [-0.2, -0.15) is 8.42 Å². The fourth-order valence-electron chi connectivity index (χ4n) is 2.93. The third-order valence-corrected chi connectivity index (χ3v) is 7.51. The van der Waals surface area contributed by atoms with E-state index in [1.807, 2.05) is 20.8 Å². The zero-order valence-corrected chi connectivity index (χ0v) is 16.9. The molecule has 3 nitrogen and oxygen atoms in total. The SMILES string of the molecule is CCCCCCCC[Si]c1c(C)c(C)c(C)c(C)c1S(=O)(=O)O. The molecule has 0 amide bonds. The lowest BCUT2D eigenvalue weighted by molar-refractivity contribution is 0.483. The molecule has 0 saturated carbocycles. The maximum atomic E-state index is 11.9. The van der Waals surface area contributed by atoms with Crippen LogP contribution in [-0.4, -0.2) is 22.5 Å². The van der Waals surface area contributed by atoms with Crippen molar-refractivity contribution >= 4 is 24.8 Å². The summed E-state index contributed by atoms with van der Waals surface area (Å²) in [7, 11) is -3.74. The van der Waals surface area contributed by atoms with Crippen LogP contribution in [0.2, 0.25) is 6.04 Å². The molecule has 1 aromatic rings. The number of unbranched alkanes of at least 4 members (excludes halogenated alkanes) is 5. The second kappa shape index (κ2) is 8.99. The quantitative estimate of drug-likeness (QED) is 0.409. The van der Waals surface area contributed by atoms with E-state index < -0.39 is 10.1 Å². The van der Waals surface area contributed by atoms with Gasteiger partial charge in [0.15, 0.2) is 0 Å². The van der Waals surface area contributed by atoms with E-state index in [0.717, 1.165) is 34.3 Å². The first-order chi connectivity index (χ1) is 10.7. The first-order valence-electron chi connectivity index (χ1n) is 8.53. The van der Waals surface area contributed by atoms with Crippen LogP contribution in [0, 0.1) is 27.7 Å². The smallest absolute Gasteiger partial charge is 0.282 e. The number of rotatable bonds is 9. The fraction of sp³-hybridized carbons (Fsp3) is 0.667. The van der Waals surface area contributed by atoms with Crippen molar-refractivity contribution in [3.8, 4) is 0 Å². The van der Waals surface area contributed by atoms with Gasteiger partial charge in [0.1, 0.15) is 0 Å². The summed E-state index contributed by atoms with van der Waals surface area (Å²) in [6.45, 7) is 9.93. The monoisotopic (exact) mass is 354 g/mol. The van der Waals surface area contributed by atoms with Crippen LogP contribution in [-0.2, 0) is 10.1 Å². The van der Waals surface area contributed by atoms with Gasteiger partial charge < -0.3 is 0 Å². The van der Waals surface area contributed by atoms with Crippen LogP contribution in [0.15, 0.2) is 4.90 Å². The molecule has 0 spiro atoms. The van der Waals surface area contributed by atoms with Crippen LogP contribution >= 0.6 is 0 Å². The Labute approximate surface area is 144 Å². The minimum absolute atomic E-state index is 0.155. The predicted octanol–water partition coefficient (Wildman–Crippen LogP) is 4.28. The second-order valence-electron chi connectivity index (χ2n) is 6.37. The summed E-state index contributed by atoms with van der Waals surface area (Å²) in [5, 5.41) is 0.835. The summed E-state index contributed by atoms with van der Waals surface area (Å²) in [4.78, 5) is 0.155. The molecule has 0 unspecified atom stereocenters. The normalized spacial score (nSPS) is 11.9. The summed E-state index contributed by atoms with van der Waals surface area (Å²) in [5.74, 6) is 0. The van der Waals surface area contributed by atoms with E-state index in [9.17, 15) is 13.0 Å². The van der Waals surface area contributed by atoms with Crippen molar-refractivity contribution in [2.24, 2.45) is 0 Å². The standard InChI is InChI=1S/C18H30O3SSi/c1-6-7-8-9-10-11-12-23-18-16(5)14(3)13(2)15(4)17(18)22(19,20)21/h6-12H2,1-5H3,(H,19,20,21). The molecule has 0 aromatic heterocycles. The molecule has 0 bridgehead atoms. The lowest BCUT2D eigenvalue weighted by Gasteiger charge is -2.18. The molecule has 0 aliphatic heterocycles. The molecule has 5 heteroatoms. The Kier molecular flexibility index (Phi) is 7.97. The Balaban J connectivity index is 2.89. The molecule has 23 heavy (non-hydrogen) atoms. The van der Waals surface area contributed by atoms with Gasteiger partial charge in [-0.05, 0) is 55.1 Å². The Bertz CT molecular complexity index is 636. The molecular formula is C18H30O3SSi. The Hall–Kier alpha value is -0.653. The third-order valence-electron chi connectivity index (χ3n) is 4.72. The zero-order chi connectivity index (χ0) is 17.6. The van der Waals surface area contributed by atoms with Gasteiger partial charge in [-0.25, -0.2) is 0 Å². The molecule has 0 heterocycles. The average molecular weight is 355 g/mol. The van der Waals surface area contributed by atoms with Gasteiger partial charge in [0, 0.05) is 0 Å². The van der Waals surface area contributed by atoms with E-state index in [-0.39, 0.29) is 4.90 Å². The van der Waals surface area contributed by atoms with Crippen LogP contribution in [0.3, 0.4) is 0 Å². The molecule has 0 fully saturated rings. The minimum Gasteiger partial charge on any atom is -0.282 e. The number of hydrogen-bond donors (Lipinski definition) is 1. The highest BCUT2D eigenvalue weighted by molar-refractivity contribution is 7.86. The van der Waals surface area contributed by atoms with Crippen molar-refractivity contribution in [2.45, 2.75) is 84.1 Å². The molecule has 2 radical (unpaired) electrons. The molecule has 1 N–H and O–H groups in total. The van der Waals surface area contributed by atoms with Crippen LogP contribution in [0.1, 0.15) is 67.7 Å². The molecule has 130 valence electrons. The Morgan fingerprint density at radius 1 is 0.826 bits per heavy atom. The first-order valence-corrected chi connectivity index (χ1v) is 11.2. The third kappa shape index (κ3) is 5.43. The Morgan fingerprint density at radius 2 is 1.35 bits per heavy atom. The van der Waals surface area contributed by atoms with E-state index in [1.165, 1.54) is 32.1 Å². The number of benzene rings is 1. The maximum Gasteiger partial charge on any atom is 0.294 e. The molecule has 1 aromatic carbocycles. The van der Waals surface area contributed by atoms with Gasteiger partial charge in [0.05, 0.1) is 14.4 Å². The van der Waals surface area contributed by atoms with E-state index in [1.54, 1.807) is 6.92 Å². The summed E-state index contributed by atoms with van der Waals surface area (Å²) < 4.78 is 33.4. The van der Waals surface area contributed by atoms with Crippen LogP contribution in [0.5, 0.6) is 0 Å². The van der Waals surface area contributed by atoms with Gasteiger partial charge in [-0.1, -0.05) is 51.5 Å². The molecule has 1 rings (SSSR count). The van der Waals surface area contributed by atoms with Crippen molar-refractivity contribution in [3.63, 3.8) is 0 Å². The van der Waals surface area contributed by atoms with Crippen molar-refractivity contribution in [1.29, 1.82) is 0 Å².